The van der Waals surface area contributed by atoms with Crippen LogP contribution in [0, 0.1) is 5.92 Å². The van der Waals surface area contributed by atoms with E-state index in [2.05, 4.69) is 16.0 Å². The highest BCUT2D eigenvalue weighted by Gasteiger charge is 2.33. The number of hydrogen-bond donors (Lipinski definition) is 7. The average Bonchev–Trinajstić information content (AvgIpc) is 2.85. The van der Waals surface area contributed by atoms with E-state index in [4.69, 9.17) is 16.6 Å². The zero-order chi connectivity index (χ0) is 28.0. The summed E-state index contributed by atoms with van der Waals surface area (Å²) in [6, 6.07) is 4.06. The van der Waals surface area contributed by atoms with Gasteiger partial charge in [0.25, 0.3) is 0 Å². The summed E-state index contributed by atoms with van der Waals surface area (Å²) in [5.41, 5.74) is 11.8. The van der Waals surface area contributed by atoms with Gasteiger partial charge in [0.05, 0.1) is 12.5 Å². The fourth-order valence-electron chi connectivity index (χ4n) is 3.59. The third kappa shape index (κ3) is 11.4. The Kier molecular flexibility index (Phi) is 13.9. The van der Waals surface area contributed by atoms with Crippen molar-refractivity contribution < 1.29 is 34.2 Å². The molecule has 3 amide bonds. The Balaban J connectivity index is 3.10. The number of amides is 3. The average molecular weight is 522 g/mol. The minimum Gasteiger partial charge on any atom is -0.481 e. The number of unbranched alkanes of at least 4 members (excludes halogenated alkanes) is 1. The molecule has 5 unspecified atom stereocenters. The molecule has 0 aromatic heterocycles. The maximum atomic E-state index is 13.3. The number of carboxylic acids is 2. The number of carbonyl (C=O) groups excluding carboxylic acids is 3. The van der Waals surface area contributed by atoms with E-state index >= 15 is 0 Å². The van der Waals surface area contributed by atoms with Crippen molar-refractivity contribution in [3.05, 3.63) is 35.9 Å². The minimum atomic E-state index is -1.37. The zero-order valence-corrected chi connectivity index (χ0v) is 21.3. The summed E-state index contributed by atoms with van der Waals surface area (Å²) in [7, 11) is 0. The number of nitrogens with two attached hydrogens (primary N) is 2. The van der Waals surface area contributed by atoms with Crippen molar-refractivity contribution in [3.8, 4) is 0 Å². The summed E-state index contributed by atoms with van der Waals surface area (Å²) in [5, 5.41) is 26.1. The maximum Gasteiger partial charge on any atom is 0.326 e. The topological polar surface area (TPSA) is 214 Å². The first-order chi connectivity index (χ1) is 17.5. The number of carbonyl (C=O) groups is 5. The molecule has 1 aromatic rings. The van der Waals surface area contributed by atoms with Crippen molar-refractivity contribution in [1.29, 1.82) is 0 Å². The van der Waals surface area contributed by atoms with Gasteiger partial charge in [0.1, 0.15) is 18.1 Å². The molecule has 0 bridgehead atoms. The van der Waals surface area contributed by atoms with E-state index in [1.165, 1.54) is 0 Å². The van der Waals surface area contributed by atoms with Gasteiger partial charge in [-0.25, -0.2) is 4.79 Å². The smallest absolute Gasteiger partial charge is 0.326 e. The van der Waals surface area contributed by atoms with Crippen molar-refractivity contribution in [2.75, 3.05) is 6.54 Å². The largest absolute Gasteiger partial charge is 0.481 e. The molecule has 0 aliphatic carbocycles. The van der Waals surface area contributed by atoms with Gasteiger partial charge in [-0.1, -0.05) is 50.6 Å². The number of nitrogens with one attached hydrogen (secondary N) is 3. The van der Waals surface area contributed by atoms with Crippen molar-refractivity contribution in [2.24, 2.45) is 17.4 Å². The molecule has 5 atom stereocenters. The Morgan fingerprint density at radius 3 is 2.05 bits per heavy atom. The van der Waals surface area contributed by atoms with Crippen LogP contribution in [0.4, 0.5) is 0 Å². The van der Waals surface area contributed by atoms with E-state index in [9.17, 15) is 29.1 Å². The molecular formula is C25H39N5O7. The van der Waals surface area contributed by atoms with Gasteiger partial charge in [0, 0.05) is 6.42 Å². The molecule has 12 heteroatoms. The fraction of sp³-hybridized carbons (Fsp3) is 0.560. The molecular weight excluding hydrogens is 482 g/mol. The van der Waals surface area contributed by atoms with Gasteiger partial charge >= 0.3 is 11.9 Å². The number of rotatable bonds is 17. The molecule has 206 valence electrons. The van der Waals surface area contributed by atoms with Crippen LogP contribution in [0.1, 0.15) is 51.5 Å². The Morgan fingerprint density at radius 1 is 0.892 bits per heavy atom. The summed E-state index contributed by atoms with van der Waals surface area (Å²) >= 11 is 0. The van der Waals surface area contributed by atoms with E-state index in [0.29, 0.717) is 31.4 Å². The highest BCUT2D eigenvalue weighted by molar-refractivity contribution is 5.95. The lowest BCUT2D eigenvalue weighted by Crippen LogP contribution is -2.59. The third-order valence-corrected chi connectivity index (χ3v) is 6.00. The number of carboxylic acid groups (broad SMARTS) is 2. The molecule has 12 nitrogen and oxygen atoms in total. The lowest BCUT2D eigenvalue weighted by Gasteiger charge is -2.28. The zero-order valence-electron chi connectivity index (χ0n) is 21.3. The number of benzene rings is 1. The minimum absolute atomic E-state index is 0.0594. The lowest BCUT2D eigenvalue weighted by molar-refractivity contribution is -0.143. The summed E-state index contributed by atoms with van der Waals surface area (Å²) in [6.07, 6.45) is 1.25. The van der Waals surface area contributed by atoms with Crippen LogP contribution in [0.5, 0.6) is 0 Å². The van der Waals surface area contributed by atoms with Crippen LogP contribution < -0.4 is 27.4 Å². The molecule has 1 aromatic carbocycles. The van der Waals surface area contributed by atoms with Crippen molar-refractivity contribution >= 4 is 29.7 Å². The molecule has 0 aliphatic rings. The molecule has 9 N–H and O–H groups in total. The van der Waals surface area contributed by atoms with Gasteiger partial charge in [-0.3, -0.25) is 19.2 Å². The van der Waals surface area contributed by atoms with Crippen LogP contribution in [0.25, 0.3) is 0 Å². The van der Waals surface area contributed by atoms with E-state index in [1.807, 2.05) is 6.92 Å². The highest BCUT2D eigenvalue weighted by atomic mass is 16.4. The SMILES string of the molecule is CCC(C)C(NC(=O)C(Cc1ccccc1)NC(=O)C(N)CC(=O)O)C(=O)NC(CCCCN)C(=O)O. The predicted molar refractivity (Wildman–Crippen MR) is 136 cm³/mol. The molecule has 37 heavy (non-hydrogen) atoms. The lowest BCUT2D eigenvalue weighted by atomic mass is 9.96. The Hall–Kier alpha value is -3.51. The van der Waals surface area contributed by atoms with Crippen molar-refractivity contribution in [3.63, 3.8) is 0 Å². The highest BCUT2D eigenvalue weighted by Crippen LogP contribution is 2.12. The molecule has 0 saturated heterocycles. The Labute approximate surface area is 216 Å². The predicted octanol–water partition coefficient (Wildman–Crippen LogP) is -0.255. The summed E-state index contributed by atoms with van der Waals surface area (Å²) < 4.78 is 0. The normalized spacial score (nSPS) is 14.9. The number of hydrogen-bond acceptors (Lipinski definition) is 7. The van der Waals surface area contributed by atoms with Gasteiger partial charge in [0.15, 0.2) is 0 Å². The first kappa shape index (κ1) is 31.5. The van der Waals surface area contributed by atoms with E-state index in [0.717, 1.165) is 0 Å². The van der Waals surface area contributed by atoms with Gasteiger partial charge < -0.3 is 37.6 Å². The second-order valence-electron chi connectivity index (χ2n) is 9.01. The van der Waals surface area contributed by atoms with Gasteiger partial charge in [0.2, 0.25) is 17.7 Å². The molecule has 0 fully saturated rings. The van der Waals surface area contributed by atoms with Crippen molar-refractivity contribution in [1.82, 2.24) is 16.0 Å². The van der Waals surface area contributed by atoms with Crippen LogP contribution >= 0.6 is 0 Å². The van der Waals surface area contributed by atoms with E-state index in [1.54, 1.807) is 37.3 Å². The second-order valence-corrected chi connectivity index (χ2v) is 9.01. The van der Waals surface area contributed by atoms with E-state index < -0.39 is 60.2 Å². The molecule has 0 saturated carbocycles. The Morgan fingerprint density at radius 2 is 1.51 bits per heavy atom. The van der Waals surface area contributed by atoms with Crippen LogP contribution in [-0.2, 0) is 30.4 Å². The molecule has 0 spiro atoms. The standard InChI is InChI=1S/C25H39N5O7/c1-3-15(2)21(24(35)28-18(25(36)37)11-7-8-12-26)30-23(34)19(13-16-9-5-4-6-10-16)29-22(33)17(27)14-20(31)32/h4-6,9-10,15,17-19,21H,3,7-8,11-14,26-27H2,1-2H3,(H,28,35)(H,29,33)(H,30,34)(H,31,32)(H,36,37). The van der Waals surface area contributed by atoms with Gasteiger partial charge in [-0.05, 0) is 37.3 Å². The number of aliphatic carboxylic acids is 2. The monoisotopic (exact) mass is 521 g/mol. The first-order valence-electron chi connectivity index (χ1n) is 12.3. The van der Waals surface area contributed by atoms with Crippen LogP contribution in [0.15, 0.2) is 30.3 Å². The van der Waals surface area contributed by atoms with E-state index in [-0.39, 0.29) is 18.8 Å². The summed E-state index contributed by atoms with van der Waals surface area (Å²) in [4.78, 5) is 61.5. The summed E-state index contributed by atoms with van der Waals surface area (Å²) in [6.45, 7) is 3.96. The maximum absolute atomic E-state index is 13.3. The third-order valence-electron chi connectivity index (χ3n) is 6.00. The van der Waals surface area contributed by atoms with Crippen LogP contribution in [-0.4, -0.2) is 70.6 Å². The first-order valence-corrected chi connectivity index (χ1v) is 12.3. The van der Waals surface area contributed by atoms with Gasteiger partial charge in [-0.2, -0.15) is 0 Å². The van der Waals surface area contributed by atoms with Crippen molar-refractivity contribution in [2.45, 2.75) is 76.5 Å². The quantitative estimate of drug-likeness (QED) is 0.134. The second kappa shape index (κ2) is 16.3. The van der Waals surface area contributed by atoms with Gasteiger partial charge in [-0.15, -0.1) is 0 Å². The summed E-state index contributed by atoms with van der Waals surface area (Å²) in [5.74, 6) is -4.98. The van der Waals surface area contributed by atoms with Crippen LogP contribution in [0.2, 0.25) is 0 Å². The molecule has 0 radical (unpaired) electrons. The molecule has 0 heterocycles. The molecule has 1 rings (SSSR count). The Bertz CT molecular complexity index is 912. The fourth-order valence-corrected chi connectivity index (χ4v) is 3.59. The van der Waals surface area contributed by atoms with Crippen LogP contribution in [0.3, 0.4) is 0 Å². The molecule has 0 aliphatic heterocycles.